The zero-order valence-corrected chi connectivity index (χ0v) is 22.3. The molecule has 0 radical (unpaired) electrons. The summed E-state index contributed by atoms with van der Waals surface area (Å²) in [7, 11) is 0. The molecule has 0 N–H and O–H groups in total. The highest BCUT2D eigenvalue weighted by Gasteiger charge is 2.13. The van der Waals surface area contributed by atoms with Gasteiger partial charge in [-0.1, -0.05) is 41.1 Å². The quantitative estimate of drug-likeness (QED) is 0.216. The van der Waals surface area contributed by atoms with Crippen LogP contribution in [0.2, 0.25) is 0 Å². The molecule has 0 aliphatic rings. The molecule has 1 heterocycles. The monoisotopic (exact) mass is 601 g/mol. The van der Waals surface area contributed by atoms with Crippen LogP contribution in [-0.2, 0) is 13.0 Å². The van der Waals surface area contributed by atoms with Gasteiger partial charge in [-0.15, -0.1) is 0 Å². The van der Waals surface area contributed by atoms with Gasteiger partial charge in [0.05, 0.1) is 23.7 Å². The Labute approximate surface area is 218 Å². The van der Waals surface area contributed by atoms with Crippen molar-refractivity contribution in [1.29, 1.82) is 0 Å². The molecule has 0 saturated heterocycles. The molecule has 0 atom stereocenters. The molecule has 0 spiro atoms. The molecule has 0 amide bonds. The maximum absolute atomic E-state index is 14.0. The molecule has 0 bridgehead atoms. The highest BCUT2D eigenvalue weighted by Crippen LogP contribution is 2.34. The van der Waals surface area contributed by atoms with Gasteiger partial charge >= 0.3 is 0 Å². The SMILES string of the molecule is CCOc1cc(C=Nn2c(CC)nc3ccc(Br)cc3c2=O)c(Br)cc1OCc1ccccc1F. The molecular formula is C26H22Br2FN3O3. The Morgan fingerprint density at radius 2 is 1.83 bits per heavy atom. The maximum atomic E-state index is 14.0. The third kappa shape index (κ3) is 5.62. The van der Waals surface area contributed by atoms with Gasteiger partial charge < -0.3 is 9.47 Å². The van der Waals surface area contributed by atoms with Crippen molar-refractivity contribution in [3.8, 4) is 11.5 Å². The molecule has 0 unspecified atom stereocenters. The molecule has 6 nitrogen and oxygen atoms in total. The van der Waals surface area contributed by atoms with E-state index >= 15 is 0 Å². The Balaban J connectivity index is 1.69. The number of aryl methyl sites for hydroxylation is 1. The number of hydrogen-bond acceptors (Lipinski definition) is 5. The number of halogens is 3. The lowest BCUT2D eigenvalue weighted by Crippen LogP contribution is -2.22. The van der Waals surface area contributed by atoms with Crippen molar-refractivity contribution in [2.24, 2.45) is 5.10 Å². The molecule has 35 heavy (non-hydrogen) atoms. The largest absolute Gasteiger partial charge is 0.490 e. The van der Waals surface area contributed by atoms with Crippen LogP contribution in [0, 0.1) is 5.82 Å². The average Bonchev–Trinajstić information content (AvgIpc) is 2.85. The van der Waals surface area contributed by atoms with E-state index in [4.69, 9.17) is 9.47 Å². The zero-order chi connectivity index (χ0) is 24.9. The normalized spacial score (nSPS) is 11.3. The lowest BCUT2D eigenvalue weighted by molar-refractivity contribution is 0.265. The molecule has 0 aliphatic heterocycles. The van der Waals surface area contributed by atoms with E-state index in [1.807, 2.05) is 19.9 Å². The number of fused-ring (bicyclic) bond motifs is 1. The number of aromatic nitrogens is 2. The summed E-state index contributed by atoms with van der Waals surface area (Å²) in [6.45, 7) is 4.25. The van der Waals surface area contributed by atoms with Crippen molar-refractivity contribution >= 4 is 49.0 Å². The van der Waals surface area contributed by atoms with E-state index in [1.54, 1.807) is 48.7 Å². The van der Waals surface area contributed by atoms with Crippen molar-refractivity contribution in [1.82, 2.24) is 9.66 Å². The third-order valence-electron chi connectivity index (χ3n) is 5.21. The second kappa shape index (κ2) is 11.1. The lowest BCUT2D eigenvalue weighted by atomic mass is 10.2. The molecule has 3 aromatic carbocycles. The van der Waals surface area contributed by atoms with Gasteiger partial charge in [-0.2, -0.15) is 9.78 Å². The summed E-state index contributed by atoms with van der Waals surface area (Å²) in [4.78, 5) is 17.7. The summed E-state index contributed by atoms with van der Waals surface area (Å²) >= 11 is 6.95. The molecule has 4 rings (SSSR count). The van der Waals surface area contributed by atoms with E-state index in [0.29, 0.717) is 56.9 Å². The molecule has 180 valence electrons. The van der Waals surface area contributed by atoms with Gasteiger partial charge in [0.15, 0.2) is 11.5 Å². The lowest BCUT2D eigenvalue weighted by Gasteiger charge is -2.14. The number of benzene rings is 3. The molecule has 0 aliphatic carbocycles. The van der Waals surface area contributed by atoms with E-state index in [2.05, 4.69) is 41.9 Å². The smallest absolute Gasteiger partial charge is 0.282 e. The highest BCUT2D eigenvalue weighted by atomic mass is 79.9. The molecular weight excluding hydrogens is 581 g/mol. The number of nitrogens with zero attached hydrogens (tertiary/aromatic N) is 3. The third-order valence-corrected chi connectivity index (χ3v) is 6.39. The highest BCUT2D eigenvalue weighted by molar-refractivity contribution is 9.10. The van der Waals surface area contributed by atoms with Crippen molar-refractivity contribution in [3.05, 3.63) is 96.7 Å². The van der Waals surface area contributed by atoms with Crippen LogP contribution in [0.25, 0.3) is 10.9 Å². The van der Waals surface area contributed by atoms with Crippen LogP contribution in [0.3, 0.4) is 0 Å². The van der Waals surface area contributed by atoms with Crippen LogP contribution >= 0.6 is 31.9 Å². The van der Waals surface area contributed by atoms with Crippen molar-refractivity contribution in [3.63, 3.8) is 0 Å². The van der Waals surface area contributed by atoms with Gasteiger partial charge in [0.1, 0.15) is 18.2 Å². The Morgan fingerprint density at radius 1 is 1.06 bits per heavy atom. The molecule has 1 aromatic heterocycles. The molecule has 4 aromatic rings. The van der Waals surface area contributed by atoms with Gasteiger partial charge in [0.25, 0.3) is 5.56 Å². The summed E-state index contributed by atoms with van der Waals surface area (Å²) in [5.41, 5.74) is 1.49. The van der Waals surface area contributed by atoms with Crippen molar-refractivity contribution in [2.45, 2.75) is 26.9 Å². The first-order valence-corrected chi connectivity index (χ1v) is 12.6. The van der Waals surface area contributed by atoms with Gasteiger partial charge in [-0.3, -0.25) is 4.79 Å². The van der Waals surface area contributed by atoms with Crippen LogP contribution in [0.15, 0.2) is 73.4 Å². The Bertz CT molecular complexity index is 1470. The van der Waals surface area contributed by atoms with Gasteiger partial charge in [0.2, 0.25) is 0 Å². The fourth-order valence-corrected chi connectivity index (χ4v) is 4.25. The summed E-state index contributed by atoms with van der Waals surface area (Å²) < 4.78 is 28.4. The first-order valence-electron chi connectivity index (χ1n) is 11.0. The van der Waals surface area contributed by atoms with E-state index < -0.39 is 0 Å². The van der Waals surface area contributed by atoms with E-state index in [-0.39, 0.29) is 18.0 Å². The van der Waals surface area contributed by atoms with Crippen LogP contribution in [0.4, 0.5) is 4.39 Å². The maximum Gasteiger partial charge on any atom is 0.282 e. The van der Waals surface area contributed by atoms with Gasteiger partial charge in [0, 0.05) is 26.5 Å². The first-order chi connectivity index (χ1) is 16.9. The summed E-state index contributed by atoms with van der Waals surface area (Å²) in [5, 5.41) is 4.92. The number of rotatable bonds is 8. The summed E-state index contributed by atoms with van der Waals surface area (Å²) in [6, 6.07) is 15.4. The topological polar surface area (TPSA) is 65.7 Å². The zero-order valence-electron chi connectivity index (χ0n) is 19.1. The minimum Gasteiger partial charge on any atom is -0.490 e. The van der Waals surface area contributed by atoms with Gasteiger partial charge in [-0.25, -0.2) is 9.37 Å². The fourth-order valence-electron chi connectivity index (χ4n) is 3.46. The average molecular weight is 603 g/mol. The Hall–Kier alpha value is -3.04. The summed E-state index contributed by atoms with van der Waals surface area (Å²) in [5.74, 6) is 1.16. The second-order valence-corrected chi connectivity index (χ2v) is 9.31. The minimum absolute atomic E-state index is 0.0557. The minimum atomic E-state index is -0.332. The number of ether oxygens (including phenoxy) is 2. The second-order valence-electron chi connectivity index (χ2n) is 7.54. The molecule has 0 saturated carbocycles. The predicted octanol–water partition coefficient (Wildman–Crippen LogP) is 6.48. The summed E-state index contributed by atoms with van der Waals surface area (Å²) in [6.07, 6.45) is 2.10. The Morgan fingerprint density at radius 3 is 2.57 bits per heavy atom. The van der Waals surface area contributed by atoms with E-state index in [1.165, 1.54) is 10.7 Å². The predicted molar refractivity (Wildman–Crippen MR) is 142 cm³/mol. The van der Waals surface area contributed by atoms with Crippen LogP contribution in [-0.4, -0.2) is 22.5 Å². The van der Waals surface area contributed by atoms with Crippen LogP contribution in [0.1, 0.15) is 30.8 Å². The van der Waals surface area contributed by atoms with Crippen LogP contribution < -0.4 is 15.0 Å². The van der Waals surface area contributed by atoms with E-state index in [9.17, 15) is 9.18 Å². The van der Waals surface area contributed by atoms with Crippen molar-refractivity contribution in [2.75, 3.05) is 6.61 Å². The van der Waals surface area contributed by atoms with E-state index in [0.717, 1.165) is 4.47 Å². The van der Waals surface area contributed by atoms with Gasteiger partial charge in [-0.05, 0) is 59.3 Å². The molecule has 0 fully saturated rings. The molecule has 9 heteroatoms. The van der Waals surface area contributed by atoms with Crippen molar-refractivity contribution < 1.29 is 13.9 Å². The number of hydrogen-bond donors (Lipinski definition) is 0. The first kappa shape index (κ1) is 25.1. The standard InChI is InChI=1S/C26H22Br2FN3O3/c1-3-25-31-22-10-9-18(27)12-19(22)26(33)32(25)30-14-17-11-23(34-4-2)24(13-20(17)28)35-15-16-7-5-6-8-21(16)29/h5-14H,3-4,15H2,1-2H3. The van der Waals surface area contributed by atoms with Crippen LogP contribution in [0.5, 0.6) is 11.5 Å². The fraction of sp³-hybridized carbons (Fsp3) is 0.192. The Kier molecular flexibility index (Phi) is 7.97.